The second-order valence-electron chi connectivity index (χ2n) is 7.40. The van der Waals surface area contributed by atoms with E-state index in [1.807, 2.05) is 24.4 Å². The molecule has 0 saturated carbocycles. The van der Waals surface area contributed by atoms with Crippen molar-refractivity contribution in [1.29, 1.82) is 0 Å². The first-order valence-electron chi connectivity index (χ1n) is 10.3. The Kier molecular flexibility index (Phi) is 6.86. The summed E-state index contributed by atoms with van der Waals surface area (Å²) in [5.41, 5.74) is 1.15. The maximum absolute atomic E-state index is 6.30. The molecule has 2 aliphatic rings. The van der Waals surface area contributed by atoms with E-state index >= 15 is 0 Å². The predicted octanol–water partition coefficient (Wildman–Crippen LogP) is 1.91. The quantitative estimate of drug-likeness (QED) is 0.555. The summed E-state index contributed by atoms with van der Waals surface area (Å²) in [5, 5.41) is 7.65. The summed E-state index contributed by atoms with van der Waals surface area (Å²) in [4.78, 5) is 17.9. The third kappa shape index (κ3) is 4.94. The highest BCUT2D eigenvalue weighted by molar-refractivity contribution is 6.32. The summed E-state index contributed by atoms with van der Waals surface area (Å²) < 4.78 is 5.47. The van der Waals surface area contributed by atoms with Gasteiger partial charge < -0.3 is 25.2 Å². The highest BCUT2D eigenvalue weighted by atomic mass is 35.5. The van der Waals surface area contributed by atoms with E-state index in [0.717, 1.165) is 69.0 Å². The molecule has 4 rings (SSSR count). The van der Waals surface area contributed by atoms with Gasteiger partial charge in [-0.05, 0) is 24.6 Å². The summed E-state index contributed by atoms with van der Waals surface area (Å²) in [6.45, 7) is 5.62. The van der Waals surface area contributed by atoms with Crippen molar-refractivity contribution in [3.8, 4) is 0 Å². The molecule has 2 aromatic rings. The van der Waals surface area contributed by atoms with Crippen LogP contribution in [0.3, 0.4) is 0 Å². The van der Waals surface area contributed by atoms with Crippen LogP contribution >= 0.6 is 11.6 Å². The Morgan fingerprint density at radius 1 is 1.13 bits per heavy atom. The molecule has 2 fully saturated rings. The first-order valence-corrected chi connectivity index (χ1v) is 10.7. The van der Waals surface area contributed by atoms with E-state index in [4.69, 9.17) is 16.3 Å². The summed E-state index contributed by atoms with van der Waals surface area (Å²) in [6.07, 6.45) is 4.62. The van der Waals surface area contributed by atoms with E-state index in [0.29, 0.717) is 11.6 Å². The molecule has 1 atom stereocenters. The van der Waals surface area contributed by atoms with Gasteiger partial charge >= 0.3 is 0 Å². The topological polar surface area (TPSA) is 77.9 Å². The molecule has 8 nitrogen and oxygen atoms in total. The van der Waals surface area contributed by atoms with Gasteiger partial charge in [0.25, 0.3) is 0 Å². The van der Waals surface area contributed by atoms with Crippen molar-refractivity contribution in [3.63, 3.8) is 0 Å². The third-order valence-corrected chi connectivity index (χ3v) is 5.71. The molecule has 0 bridgehead atoms. The molecule has 0 spiro atoms. The second-order valence-corrected chi connectivity index (χ2v) is 7.80. The molecule has 0 aliphatic carbocycles. The van der Waals surface area contributed by atoms with E-state index < -0.39 is 0 Å². The third-order valence-electron chi connectivity index (χ3n) is 5.42. The normalized spacial score (nSPS) is 19.8. The number of aromatic nitrogens is 2. The van der Waals surface area contributed by atoms with Crippen molar-refractivity contribution < 1.29 is 4.74 Å². The Labute approximate surface area is 182 Å². The fourth-order valence-electron chi connectivity index (χ4n) is 3.88. The second kappa shape index (κ2) is 9.95. The van der Waals surface area contributed by atoms with Gasteiger partial charge in [0.05, 0.1) is 18.2 Å². The number of ether oxygens (including phenoxy) is 1. The number of hydrogen-bond acceptors (Lipinski definition) is 6. The van der Waals surface area contributed by atoms with Gasteiger partial charge in [-0.15, -0.1) is 0 Å². The SMILES string of the molecule is CN=C(NCc1cccnc1N1CCOCC1)NC1CCN(c2ncccc2Cl)C1. The smallest absolute Gasteiger partial charge is 0.191 e. The molecular weight excluding hydrogens is 402 g/mol. The van der Waals surface area contributed by atoms with Crippen molar-refractivity contribution in [2.75, 3.05) is 56.2 Å². The number of anilines is 2. The molecule has 2 aliphatic heterocycles. The number of nitrogens with zero attached hydrogens (tertiary/aromatic N) is 5. The number of halogens is 1. The zero-order chi connectivity index (χ0) is 20.8. The summed E-state index contributed by atoms with van der Waals surface area (Å²) >= 11 is 6.30. The Morgan fingerprint density at radius 2 is 1.90 bits per heavy atom. The van der Waals surface area contributed by atoms with Crippen molar-refractivity contribution in [3.05, 3.63) is 47.2 Å². The molecule has 2 saturated heterocycles. The maximum Gasteiger partial charge on any atom is 0.191 e. The molecule has 0 radical (unpaired) electrons. The fourth-order valence-corrected chi connectivity index (χ4v) is 4.12. The number of aliphatic imine (C=N–C) groups is 1. The molecular formula is C21H28ClN7O. The molecule has 1 unspecified atom stereocenters. The first kappa shape index (κ1) is 20.7. The average Bonchev–Trinajstić information content (AvgIpc) is 3.26. The number of rotatable bonds is 5. The lowest BCUT2D eigenvalue weighted by atomic mass is 10.2. The van der Waals surface area contributed by atoms with Crippen LogP contribution in [0.4, 0.5) is 11.6 Å². The molecule has 4 heterocycles. The minimum Gasteiger partial charge on any atom is -0.378 e. The lowest BCUT2D eigenvalue weighted by Gasteiger charge is -2.29. The number of morpholine rings is 1. The Hall–Kier alpha value is -2.58. The van der Waals surface area contributed by atoms with E-state index in [1.54, 1.807) is 13.2 Å². The molecule has 30 heavy (non-hydrogen) atoms. The van der Waals surface area contributed by atoms with Crippen LogP contribution in [0.1, 0.15) is 12.0 Å². The van der Waals surface area contributed by atoms with Crippen LogP contribution in [0, 0.1) is 0 Å². The highest BCUT2D eigenvalue weighted by Crippen LogP contribution is 2.25. The number of pyridine rings is 2. The zero-order valence-corrected chi connectivity index (χ0v) is 18.0. The van der Waals surface area contributed by atoms with Crippen LogP contribution in [0.5, 0.6) is 0 Å². The van der Waals surface area contributed by atoms with Crippen LogP contribution in [-0.2, 0) is 11.3 Å². The standard InChI is InChI=1S/C21H28ClN7O/c1-23-21(27-17-6-9-29(15-17)20-18(22)5-3-8-25-20)26-14-16-4-2-7-24-19(16)28-10-12-30-13-11-28/h2-5,7-8,17H,6,9-15H2,1H3,(H2,23,26,27). The predicted molar refractivity (Wildman–Crippen MR) is 120 cm³/mol. The van der Waals surface area contributed by atoms with Gasteiger partial charge in [0.1, 0.15) is 11.6 Å². The number of hydrogen-bond donors (Lipinski definition) is 2. The highest BCUT2D eigenvalue weighted by Gasteiger charge is 2.25. The van der Waals surface area contributed by atoms with Crippen molar-refractivity contribution in [2.45, 2.75) is 19.0 Å². The van der Waals surface area contributed by atoms with Crippen LogP contribution in [0.25, 0.3) is 0 Å². The van der Waals surface area contributed by atoms with Gasteiger partial charge in [-0.1, -0.05) is 17.7 Å². The average molecular weight is 430 g/mol. The molecule has 0 amide bonds. The number of guanidine groups is 1. The lowest BCUT2D eigenvalue weighted by molar-refractivity contribution is 0.122. The van der Waals surface area contributed by atoms with E-state index in [-0.39, 0.29) is 6.04 Å². The van der Waals surface area contributed by atoms with Crippen LogP contribution in [-0.4, -0.2) is 68.4 Å². The van der Waals surface area contributed by atoms with Crippen molar-refractivity contribution >= 4 is 29.2 Å². The van der Waals surface area contributed by atoms with E-state index in [2.05, 4.69) is 41.5 Å². The Morgan fingerprint density at radius 3 is 2.67 bits per heavy atom. The van der Waals surface area contributed by atoms with Gasteiger partial charge in [0, 0.05) is 63.8 Å². The molecule has 9 heteroatoms. The van der Waals surface area contributed by atoms with Gasteiger partial charge in [-0.25, -0.2) is 9.97 Å². The first-order chi connectivity index (χ1) is 14.7. The van der Waals surface area contributed by atoms with Gasteiger partial charge in [-0.3, -0.25) is 4.99 Å². The van der Waals surface area contributed by atoms with Crippen LogP contribution in [0.2, 0.25) is 5.02 Å². The molecule has 0 aromatic carbocycles. The van der Waals surface area contributed by atoms with Gasteiger partial charge in [0.2, 0.25) is 0 Å². The van der Waals surface area contributed by atoms with Crippen molar-refractivity contribution in [2.24, 2.45) is 4.99 Å². The minimum atomic E-state index is 0.280. The lowest BCUT2D eigenvalue weighted by Crippen LogP contribution is -2.44. The Bertz CT molecular complexity index is 872. The fraction of sp³-hybridized carbons (Fsp3) is 0.476. The van der Waals surface area contributed by atoms with Gasteiger partial charge in [0.15, 0.2) is 5.96 Å². The number of nitrogens with one attached hydrogen (secondary N) is 2. The van der Waals surface area contributed by atoms with Crippen molar-refractivity contribution in [1.82, 2.24) is 20.6 Å². The summed E-state index contributed by atoms with van der Waals surface area (Å²) in [6, 6.07) is 8.10. The summed E-state index contributed by atoms with van der Waals surface area (Å²) in [5.74, 6) is 2.64. The van der Waals surface area contributed by atoms with E-state index in [1.165, 1.54) is 0 Å². The Balaban J connectivity index is 1.34. The molecule has 2 N–H and O–H groups in total. The van der Waals surface area contributed by atoms with E-state index in [9.17, 15) is 0 Å². The largest absolute Gasteiger partial charge is 0.378 e. The molecule has 160 valence electrons. The van der Waals surface area contributed by atoms with Gasteiger partial charge in [-0.2, -0.15) is 0 Å². The zero-order valence-electron chi connectivity index (χ0n) is 17.2. The minimum absolute atomic E-state index is 0.280. The van der Waals surface area contributed by atoms with Crippen LogP contribution in [0.15, 0.2) is 41.7 Å². The maximum atomic E-state index is 6.30. The molecule has 2 aromatic heterocycles. The monoisotopic (exact) mass is 429 g/mol. The van der Waals surface area contributed by atoms with Crippen LogP contribution < -0.4 is 20.4 Å². The summed E-state index contributed by atoms with van der Waals surface area (Å²) in [7, 11) is 1.80.